The van der Waals surface area contributed by atoms with Gasteiger partial charge in [0.1, 0.15) is 6.04 Å². The number of nitrogens with zero attached hydrogens (tertiary/aromatic N) is 1. The van der Waals surface area contributed by atoms with Crippen molar-refractivity contribution in [2.24, 2.45) is 0 Å². The summed E-state index contributed by atoms with van der Waals surface area (Å²) in [6, 6.07) is -0.609. The third kappa shape index (κ3) is 1.73. The van der Waals surface area contributed by atoms with Crippen LogP contribution in [0.2, 0.25) is 0 Å². The predicted octanol–water partition coefficient (Wildman–Crippen LogP) is -1.11. The third-order valence-electron chi connectivity index (χ3n) is 1.94. The maximum Gasteiger partial charge on any atom is 0.322 e. The number of aliphatic carboxylic acids is 1. The van der Waals surface area contributed by atoms with Gasteiger partial charge in [-0.2, -0.15) is 0 Å². The quantitative estimate of drug-likeness (QED) is 0.554. The molecule has 0 radical (unpaired) electrons. The molecule has 0 aromatic rings. The summed E-state index contributed by atoms with van der Waals surface area (Å²) in [5, 5.41) is 11.3. The number of nitrogens with one attached hydrogen (secondary N) is 1. The fraction of sp³-hybridized carbons (Fsp3) is 0.714. The van der Waals surface area contributed by atoms with Crippen LogP contribution in [0.15, 0.2) is 0 Å². The highest BCUT2D eigenvalue weighted by Gasteiger charge is 2.28. The van der Waals surface area contributed by atoms with Crippen molar-refractivity contribution in [1.82, 2.24) is 10.2 Å². The maximum atomic E-state index is 11.1. The molecule has 1 fully saturated rings. The van der Waals surface area contributed by atoms with E-state index in [-0.39, 0.29) is 19.0 Å². The minimum absolute atomic E-state index is 0.0324. The van der Waals surface area contributed by atoms with Gasteiger partial charge in [-0.1, -0.05) is 0 Å². The number of carbonyl (C=O) groups excluding carboxylic acids is 1. The van der Waals surface area contributed by atoms with E-state index >= 15 is 0 Å². The van der Waals surface area contributed by atoms with Crippen LogP contribution in [0.5, 0.6) is 0 Å². The van der Waals surface area contributed by atoms with Crippen molar-refractivity contribution in [3.05, 3.63) is 0 Å². The van der Waals surface area contributed by atoms with Crippen molar-refractivity contribution in [3.8, 4) is 0 Å². The molecule has 1 aliphatic heterocycles. The van der Waals surface area contributed by atoms with Gasteiger partial charge < -0.3 is 10.0 Å². The molecule has 0 saturated carbocycles. The summed E-state index contributed by atoms with van der Waals surface area (Å²) in [6.07, 6.45) is 0. The van der Waals surface area contributed by atoms with E-state index < -0.39 is 12.0 Å². The normalized spacial score (nSPS) is 24.2. The Morgan fingerprint density at radius 2 is 2.50 bits per heavy atom. The summed E-state index contributed by atoms with van der Waals surface area (Å²) in [5.41, 5.74) is 0. The van der Waals surface area contributed by atoms with Gasteiger partial charge in [-0.05, 0) is 6.92 Å². The lowest BCUT2D eigenvalue weighted by atomic mass is 10.2. The Morgan fingerprint density at radius 3 is 3.00 bits per heavy atom. The Balaban J connectivity index is 2.55. The molecule has 1 rings (SSSR count). The summed E-state index contributed by atoms with van der Waals surface area (Å²) >= 11 is 0. The first kappa shape index (κ1) is 8.99. The number of likely N-dealkylation sites (N-methyl/N-ethyl adjacent to an activating group) is 1. The van der Waals surface area contributed by atoms with Gasteiger partial charge in [-0.15, -0.1) is 0 Å². The zero-order valence-corrected chi connectivity index (χ0v) is 6.91. The summed E-state index contributed by atoms with van der Waals surface area (Å²) < 4.78 is 0. The van der Waals surface area contributed by atoms with Gasteiger partial charge in [-0.25, -0.2) is 0 Å². The van der Waals surface area contributed by atoms with E-state index in [9.17, 15) is 9.59 Å². The number of rotatable bonds is 2. The maximum absolute atomic E-state index is 11.1. The lowest BCUT2D eigenvalue weighted by molar-refractivity contribution is -0.143. The molecule has 12 heavy (non-hydrogen) atoms. The Kier molecular flexibility index (Phi) is 2.65. The first-order valence-electron chi connectivity index (χ1n) is 3.89. The van der Waals surface area contributed by atoms with Crippen LogP contribution in [0.4, 0.5) is 0 Å². The Hall–Kier alpha value is -1.10. The molecule has 0 aromatic carbocycles. The van der Waals surface area contributed by atoms with E-state index in [2.05, 4.69) is 5.32 Å². The van der Waals surface area contributed by atoms with Crippen LogP contribution in [-0.2, 0) is 9.59 Å². The fourth-order valence-electron chi connectivity index (χ4n) is 1.18. The molecule has 5 heteroatoms. The zero-order chi connectivity index (χ0) is 9.14. The second-order valence-electron chi connectivity index (χ2n) is 2.70. The van der Waals surface area contributed by atoms with E-state index in [1.807, 2.05) is 6.92 Å². The van der Waals surface area contributed by atoms with Crippen LogP contribution in [0.25, 0.3) is 0 Å². The van der Waals surface area contributed by atoms with Gasteiger partial charge in [0, 0.05) is 13.1 Å². The first-order chi connectivity index (χ1) is 5.65. The van der Waals surface area contributed by atoms with Gasteiger partial charge in [0.25, 0.3) is 0 Å². The largest absolute Gasteiger partial charge is 0.480 e. The van der Waals surface area contributed by atoms with Crippen LogP contribution >= 0.6 is 0 Å². The second-order valence-corrected chi connectivity index (χ2v) is 2.70. The molecule has 0 unspecified atom stereocenters. The topological polar surface area (TPSA) is 69.6 Å². The van der Waals surface area contributed by atoms with Crippen molar-refractivity contribution in [3.63, 3.8) is 0 Å². The first-order valence-corrected chi connectivity index (χ1v) is 3.89. The fourth-order valence-corrected chi connectivity index (χ4v) is 1.18. The molecule has 5 nitrogen and oxygen atoms in total. The molecular formula is C7H12N2O3. The van der Waals surface area contributed by atoms with Gasteiger partial charge in [0.15, 0.2) is 0 Å². The average Bonchev–Trinajstić information content (AvgIpc) is 2.05. The number of hydrogen-bond donors (Lipinski definition) is 2. The minimum Gasteiger partial charge on any atom is -0.480 e. The molecular weight excluding hydrogens is 160 g/mol. The molecule has 0 aromatic heterocycles. The van der Waals surface area contributed by atoms with E-state index in [4.69, 9.17) is 5.11 Å². The number of carboxylic acids is 1. The average molecular weight is 172 g/mol. The molecule has 1 atom stereocenters. The number of carboxylic acid groups (broad SMARTS) is 1. The number of carbonyl (C=O) groups is 2. The van der Waals surface area contributed by atoms with Crippen LogP contribution in [0.1, 0.15) is 6.92 Å². The molecule has 1 saturated heterocycles. The van der Waals surface area contributed by atoms with E-state index in [1.165, 1.54) is 4.90 Å². The highest BCUT2D eigenvalue weighted by Crippen LogP contribution is 1.99. The van der Waals surface area contributed by atoms with E-state index in [0.29, 0.717) is 6.54 Å². The summed E-state index contributed by atoms with van der Waals surface area (Å²) in [7, 11) is 0. The SMILES string of the molecule is CCN1C[C@H](C(=O)O)NCC1=O. The number of hydrogen-bond acceptors (Lipinski definition) is 3. The Bertz CT molecular complexity index is 205. The molecule has 0 spiro atoms. The Labute approximate surface area is 70.4 Å². The van der Waals surface area contributed by atoms with Gasteiger partial charge in [0.2, 0.25) is 5.91 Å². The summed E-state index contributed by atoms with van der Waals surface area (Å²) in [6.45, 7) is 2.81. The van der Waals surface area contributed by atoms with Crippen molar-refractivity contribution in [2.75, 3.05) is 19.6 Å². The number of piperazine rings is 1. The predicted molar refractivity (Wildman–Crippen MR) is 41.7 cm³/mol. The van der Waals surface area contributed by atoms with Crippen molar-refractivity contribution >= 4 is 11.9 Å². The summed E-state index contributed by atoms with van der Waals surface area (Å²) in [4.78, 5) is 23.1. The third-order valence-corrected chi connectivity index (χ3v) is 1.94. The highest BCUT2D eigenvalue weighted by molar-refractivity contribution is 5.83. The summed E-state index contributed by atoms with van der Waals surface area (Å²) in [5.74, 6) is -0.934. The smallest absolute Gasteiger partial charge is 0.322 e. The molecule has 1 amide bonds. The van der Waals surface area contributed by atoms with Gasteiger partial charge in [-0.3, -0.25) is 14.9 Å². The zero-order valence-electron chi connectivity index (χ0n) is 6.91. The lowest BCUT2D eigenvalue weighted by Crippen LogP contribution is -2.56. The minimum atomic E-state index is -0.902. The molecule has 1 heterocycles. The van der Waals surface area contributed by atoms with Crippen LogP contribution in [0.3, 0.4) is 0 Å². The van der Waals surface area contributed by atoms with Crippen LogP contribution in [0, 0.1) is 0 Å². The van der Waals surface area contributed by atoms with Crippen LogP contribution in [-0.4, -0.2) is 47.6 Å². The lowest BCUT2D eigenvalue weighted by Gasteiger charge is -2.30. The van der Waals surface area contributed by atoms with Gasteiger partial charge in [0.05, 0.1) is 6.54 Å². The second kappa shape index (κ2) is 3.53. The van der Waals surface area contributed by atoms with Crippen molar-refractivity contribution < 1.29 is 14.7 Å². The highest BCUT2D eigenvalue weighted by atomic mass is 16.4. The molecule has 1 aliphatic rings. The monoisotopic (exact) mass is 172 g/mol. The number of amides is 1. The standard InChI is InChI=1S/C7H12N2O3/c1-2-9-4-5(7(11)12)8-3-6(9)10/h5,8H,2-4H2,1H3,(H,11,12)/t5-/m1/s1. The van der Waals surface area contributed by atoms with Crippen LogP contribution < -0.4 is 5.32 Å². The molecule has 68 valence electrons. The van der Waals surface area contributed by atoms with Gasteiger partial charge >= 0.3 is 5.97 Å². The van der Waals surface area contributed by atoms with E-state index in [1.54, 1.807) is 0 Å². The molecule has 0 aliphatic carbocycles. The molecule has 2 N–H and O–H groups in total. The van der Waals surface area contributed by atoms with Crippen molar-refractivity contribution in [1.29, 1.82) is 0 Å². The van der Waals surface area contributed by atoms with Crippen molar-refractivity contribution in [2.45, 2.75) is 13.0 Å². The van der Waals surface area contributed by atoms with E-state index in [0.717, 1.165) is 0 Å². The molecule has 0 bridgehead atoms. The Morgan fingerprint density at radius 1 is 1.83 bits per heavy atom.